The van der Waals surface area contributed by atoms with Crippen molar-refractivity contribution in [3.63, 3.8) is 0 Å². The highest BCUT2D eigenvalue weighted by Crippen LogP contribution is 2.21. The van der Waals surface area contributed by atoms with Crippen LogP contribution in [0.4, 0.5) is 0 Å². The van der Waals surface area contributed by atoms with Crippen LogP contribution in [-0.4, -0.2) is 135 Å². The fourth-order valence-electron chi connectivity index (χ4n) is 6.06. The van der Waals surface area contributed by atoms with Gasteiger partial charge in [-0.3, -0.25) is 47.9 Å². The Hall–Kier alpha value is -5.36. The number of likely N-dealkylation sites (N-methyl/N-ethyl adjacent to an activating group) is 1. The van der Waals surface area contributed by atoms with Crippen molar-refractivity contribution in [2.75, 3.05) is 20.1 Å². The summed E-state index contributed by atoms with van der Waals surface area (Å²) in [5.74, 6) is -9.75. The second-order valence-corrected chi connectivity index (χ2v) is 14.5. The molecule has 0 aromatic carbocycles. The Kier molecular flexibility index (Phi) is 20.5. The van der Waals surface area contributed by atoms with Crippen LogP contribution in [0.1, 0.15) is 92.9 Å². The zero-order valence-electron chi connectivity index (χ0n) is 33.3. The summed E-state index contributed by atoms with van der Waals surface area (Å²) in [5.41, 5.74) is 0. The lowest BCUT2D eigenvalue weighted by molar-refractivity contribution is -0.146. The molecule has 0 aliphatic carbocycles. The molecule has 0 bridgehead atoms. The van der Waals surface area contributed by atoms with Crippen LogP contribution in [0, 0.1) is 11.8 Å². The quantitative estimate of drug-likeness (QED) is 0.0480. The maximum Gasteiger partial charge on any atom is 0.303 e. The van der Waals surface area contributed by atoms with Gasteiger partial charge in [-0.1, -0.05) is 47.1 Å². The van der Waals surface area contributed by atoms with Crippen molar-refractivity contribution in [3.05, 3.63) is 12.7 Å². The number of rotatable bonds is 24. The van der Waals surface area contributed by atoms with Crippen LogP contribution in [0.2, 0.25) is 0 Å². The van der Waals surface area contributed by atoms with Crippen molar-refractivity contribution in [3.8, 4) is 0 Å². The second-order valence-electron chi connectivity index (χ2n) is 14.5. The van der Waals surface area contributed by atoms with E-state index in [2.05, 4.69) is 33.2 Å². The van der Waals surface area contributed by atoms with Crippen LogP contribution in [-0.2, 0) is 47.9 Å². The van der Waals surface area contributed by atoms with Gasteiger partial charge in [0.25, 0.3) is 5.91 Å². The molecule has 1 unspecified atom stereocenters. The SMILES string of the molecule is C=CCN(C)C(=O)C(=O)C(CCC)NC(=O)[C@@H]1CCCN1C(=O)[C@@H](NC(=O)[C@@H](NC(=O)[C@H](CCC(=O)O)NC(=O)[C@H](CCC(=O)O)NC(C)=O)C(C)C)C(C)C. The molecule has 1 rings (SSSR count). The van der Waals surface area contributed by atoms with Crippen molar-refractivity contribution >= 4 is 59.1 Å². The minimum atomic E-state index is -1.51. The molecule has 19 nitrogen and oxygen atoms in total. The van der Waals surface area contributed by atoms with Crippen LogP contribution < -0.4 is 26.6 Å². The lowest BCUT2D eigenvalue weighted by Gasteiger charge is -2.33. The van der Waals surface area contributed by atoms with Crippen molar-refractivity contribution in [1.82, 2.24) is 36.4 Å². The first-order chi connectivity index (χ1) is 26.2. The molecule has 1 heterocycles. The number of hydrogen-bond donors (Lipinski definition) is 7. The summed E-state index contributed by atoms with van der Waals surface area (Å²) in [6, 6.07) is -7.45. The molecule has 7 N–H and O–H groups in total. The van der Waals surface area contributed by atoms with E-state index in [4.69, 9.17) is 5.11 Å². The monoisotopic (exact) mass is 793 g/mol. The van der Waals surface area contributed by atoms with Crippen LogP contribution in [0.15, 0.2) is 12.7 Å². The Morgan fingerprint density at radius 2 is 1.27 bits per heavy atom. The fraction of sp³-hybridized carbons (Fsp3) is 0.676. The zero-order chi connectivity index (χ0) is 42.9. The van der Waals surface area contributed by atoms with E-state index >= 15 is 0 Å². The van der Waals surface area contributed by atoms with Gasteiger partial charge in [0.15, 0.2) is 0 Å². The zero-order valence-corrected chi connectivity index (χ0v) is 33.3. The minimum Gasteiger partial charge on any atom is -0.481 e. The molecule has 56 heavy (non-hydrogen) atoms. The molecular formula is C37H59N7O12. The maximum atomic E-state index is 14.0. The molecular weight excluding hydrogens is 734 g/mol. The summed E-state index contributed by atoms with van der Waals surface area (Å²) >= 11 is 0. The van der Waals surface area contributed by atoms with Crippen LogP contribution in [0.5, 0.6) is 0 Å². The number of aliphatic carboxylic acids is 2. The number of nitrogens with one attached hydrogen (secondary N) is 5. The third kappa shape index (κ3) is 15.4. The Balaban J connectivity index is 3.24. The normalized spacial score (nSPS) is 16.4. The summed E-state index contributed by atoms with van der Waals surface area (Å²) < 4.78 is 0. The number of nitrogens with zero attached hydrogens (tertiary/aromatic N) is 2. The van der Waals surface area contributed by atoms with Gasteiger partial charge in [0, 0.05) is 39.9 Å². The average Bonchev–Trinajstić information content (AvgIpc) is 3.61. The first-order valence-corrected chi connectivity index (χ1v) is 18.8. The van der Waals surface area contributed by atoms with Gasteiger partial charge in [0.2, 0.25) is 41.2 Å². The molecule has 1 aliphatic heterocycles. The third-order valence-corrected chi connectivity index (χ3v) is 9.11. The lowest BCUT2D eigenvalue weighted by atomic mass is 9.98. The maximum absolute atomic E-state index is 14.0. The highest BCUT2D eigenvalue weighted by Gasteiger charge is 2.41. The molecule has 6 atom stereocenters. The number of carboxylic acids is 2. The first-order valence-electron chi connectivity index (χ1n) is 18.8. The summed E-state index contributed by atoms with van der Waals surface area (Å²) in [7, 11) is 1.44. The number of carboxylic acid groups (broad SMARTS) is 2. The topological polar surface area (TPSA) is 278 Å². The van der Waals surface area contributed by atoms with Gasteiger partial charge in [0.05, 0.1) is 6.04 Å². The summed E-state index contributed by atoms with van der Waals surface area (Å²) in [4.78, 5) is 130. The van der Waals surface area contributed by atoms with Crippen LogP contribution in [0.3, 0.4) is 0 Å². The molecule has 0 radical (unpaired) electrons. The third-order valence-electron chi connectivity index (χ3n) is 9.11. The number of amides is 7. The van der Waals surface area contributed by atoms with Gasteiger partial charge in [-0.2, -0.15) is 0 Å². The predicted octanol–water partition coefficient (Wildman–Crippen LogP) is -0.523. The largest absolute Gasteiger partial charge is 0.481 e. The van der Waals surface area contributed by atoms with Gasteiger partial charge in [-0.15, -0.1) is 6.58 Å². The van der Waals surface area contributed by atoms with E-state index in [9.17, 15) is 53.1 Å². The molecule has 0 aromatic heterocycles. The smallest absolute Gasteiger partial charge is 0.303 e. The van der Waals surface area contributed by atoms with Gasteiger partial charge < -0.3 is 46.6 Å². The number of Topliss-reactive ketones (excluding diaryl/α,β-unsaturated/α-hetero) is 1. The molecule has 1 fully saturated rings. The summed E-state index contributed by atoms with van der Waals surface area (Å²) in [6.45, 7) is 13.3. The van der Waals surface area contributed by atoms with Crippen molar-refractivity contribution in [1.29, 1.82) is 0 Å². The molecule has 19 heteroatoms. The number of hydrogen-bond acceptors (Lipinski definition) is 10. The highest BCUT2D eigenvalue weighted by molar-refractivity contribution is 6.38. The standard InChI is InChI=1S/C37H59N7O12/c1-9-12-23(31(50)37(56)43(8)18-10-2)39-34(53)26-13-11-19-44(26)36(55)30(21(5)6)42-35(54)29(20(3)4)41-33(52)25(15-17-28(48)49)40-32(51)24(38-22(7)45)14-16-27(46)47/h10,20-21,23-26,29-30H,2,9,11-19H2,1,3-8H3,(H,38,45)(H,39,53)(H,40,51)(H,41,52)(H,42,54)(H,46,47)(H,48,49)/t23?,24-,25-,26-,29-,30-/m0/s1. The molecule has 0 aromatic rings. The van der Waals surface area contributed by atoms with E-state index in [0.29, 0.717) is 12.8 Å². The Bertz CT molecular complexity index is 1480. The van der Waals surface area contributed by atoms with E-state index in [1.54, 1.807) is 34.6 Å². The van der Waals surface area contributed by atoms with Crippen LogP contribution >= 0.6 is 0 Å². The summed E-state index contributed by atoms with van der Waals surface area (Å²) in [6.07, 6.45) is 1.04. The van der Waals surface area contributed by atoms with Gasteiger partial charge in [0.1, 0.15) is 30.2 Å². The second kappa shape index (κ2) is 23.5. The first kappa shape index (κ1) is 48.7. The van der Waals surface area contributed by atoms with Crippen molar-refractivity contribution < 1.29 is 58.2 Å². The van der Waals surface area contributed by atoms with Gasteiger partial charge in [-0.05, 0) is 43.9 Å². The van der Waals surface area contributed by atoms with E-state index in [0.717, 1.165) is 6.92 Å². The Morgan fingerprint density at radius 3 is 1.75 bits per heavy atom. The Labute approximate surface area is 327 Å². The molecule has 0 saturated carbocycles. The predicted molar refractivity (Wildman–Crippen MR) is 201 cm³/mol. The van der Waals surface area contributed by atoms with Gasteiger partial charge in [-0.25, -0.2) is 0 Å². The Morgan fingerprint density at radius 1 is 0.750 bits per heavy atom. The summed E-state index contributed by atoms with van der Waals surface area (Å²) in [5, 5.41) is 30.9. The molecule has 1 aliphatic rings. The molecule has 314 valence electrons. The van der Waals surface area contributed by atoms with Crippen molar-refractivity contribution in [2.24, 2.45) is 11.8 Å². The van der Waals surface area contributed by atoms with E-state index in [1.807, 2.05) is 0 Å². The molecule has 1 saturated heterocycles. The lowest BCUT2D eigenvalue weighted by Crippen LogP contribution is -2.61. The number of likely N-dealkylation sites (tertiary alicyclic amines) is 1. The number of carbonyl (C=O) groups is 10. The van der Waals surface area contributed by atoms with E-state index in [-0.39, 0.29) is 32.4 Å². The number of ketones is 1. The molecule has 7 amide bonds. The van der Waals surface area contributed by atoms with Gasteiger partial charge >= 0.3 is 11.9 Å². The van der Waals surface area contributed by atoms with Crippen LogP contribution in [0.25, 0.3) is 0 Å². The minimum absolute atomic E-state index is 0.129. The average molecular weight is 794 g/mol. The van der Waals surface area contributed by atoms with Crippen molar-refractivity contribution in [2.45, 2.75) is 129 Å². The number of carbonyl (C=O) groups excluding carboxylic acids is 8. The van der Waals surface area contributed by atoms with E-state index < -0.39 is 126 Å². The highest BCUT2D eigenvalue weighted by atomic mass is 16.4. The fourth-order valence-corrected chi connectivity index (χ4v) is 6.06. The molecule has 0 spiro atoms. The van der Waals surface area contributed by atoms with E-state index in [1.165, 1.54) is 22.9 Å².